The summed E-state index contributed by atoms with van der Waals surface area (Å²) in [6.07, 6.45) is 7.11. The van der Waals surface area contributed by atoms with Crippen LogP contribution in [-0.2, 0) is 6.42 Å². The topological polar surface area (TPSA) is 52.6 Å². The first-order chi connectivity index (χ1) is 11.6. The number of aromatic nitrogens is 1. The average molecular weight is 459 g/mol. The van der Waals surface area contributed by atoms with Gasteiger partial charge in [-0.3, -0.25) is 9.98 Å². The van der Waals surface area contributed by atoms with Crippen molar-refractivity contribution < 1.29 is 0 Å². The van der Waals surface area contributed by atoms with Gasteiger partial charge in [0.2, 0.25) is 0 Å². The number of guanidine groups is 1. The fourth-order valence-electron chi connectivity index (χ4n) is 3.14. The molecule has 1 fully saturated rings. The van der Waals surface area contributed by atoms with Crippen LogP contribution in [-0.4, -0.2) is 54.1 Å². The second kappa shape index (κ2) is 11.7. The Morgan fingerprint density at radius 2 is 2.08 bits per heavy atom. The van der Waals surface area contributed by atoms with E-state index in [0.29, 0.717) is 12.1 Å². The molecule has 142 valence electrons. The molecule has 5 nitrogen and oxygen atoms in total. The van der Waals surface area contributed by atoms with Crippen molar-refractivity contribution in [1.29, 1.82) is 0 Å². The molecule has 0 bridgehead atoms. The van der Waals surface area contributed by atoms with Crippen molar-refractivity contribution in [3.63, 3.8) is 0 Å². The molecule has 0 aromatic carbocycles. The molecular weight excluding hydrogens is 425 g/mol. The van der Waals surface area contributed by atoms with Gasteiger partial charge in [0.25, 0.3) is 0 Å². The van der Waals surface area contributed by atoms with Gasteiger partial charge in [0.05, 0.1) is 0 Å². The van der Waals surface area contributed by atoms with Gasteiger partial charge >= 0.3 is 0 Å². The summed E-state index contributed by atoms with van der Waals surface area (Å²) in [5, 5.41) is 6.99. The second-order valence-corrected chi connectivity index (χ2v) is 6.86. The monoisotopic (exact) mass is 459 g/mol. The molecule has 6 heteroatoms. The quantitative estimate of drug-likeness (QED) is 0.390. The fraction of sp³-hybridized carbons (Fsp3) is 0.684. The molecule has 0 amide bonds. The van der Waals surface area contributed by atoms with Gasteiger partial charge in [-0.2, -0.15) is 0 Å². The number of hydrogen-bond donors (Lipinski definition) is 2. The predicted octanol–water partition coefficient (Wildman–Crippen LogP) is 2.98. The van der Waals surface area contributed by atoms with Crippen LogP contribution in [0.1, 0.15) is 44.7 Å². The molecule has 0 spiro atoms. The van der Waals surface area contributed by atoms with E-state index < -0.39 is 0 Å². The van der Waals surface area contributed by atoms with Gasteiger partial charge < -0.3 is 15.5 Å². The van der Waals surface area contributed by atoms with Gasteiger partial charge in [0.15, 0.2) is 5.96 Å². The summed E-state index contributed by atoms with van der Waals surface area (Å²) in [5.74, 6) is 0.951. The number of halogens is 1. The minimum Gasteiger partial charge on any atom is -0.357 e. The highest BCUT2D eigenvalue weighted by atomic mass is 127. The van der Waals surface area contributed by atoms with Crippen molar-refractivity contribution in [3.05, 3.63) is 29.6 Å². The normalized spacial score (nSPS) is 16.6. The van der Waals surface area contributed by atoms with Crippen LogP contribution in [0.5, 0.6) is 0 Å². The predicted molar refractivity (Wildman–Crippen MR) is 117 cm³/mol. The molecular formula is C19H34IN5. The van der Waals surface area contributed by atoms with E-state index in [1.54, 1.807) is 0 Å². The fourth-order valence-corrected chi connectivity index (χ4v) is 3.14. The van der Waals surface area contributed by atoms with Crippen LogP contribution in [0.4, 0.5) is 0 Å². The highest BCUT2D eigenvalue weighted by Gasteiger charge is 2.21. The maximum atomic E-state index is 4.76. The summed E-state index contributed by atoms with van der Waals surface area (Å²) in [6, 6.07) is 3.27. The minimum atomic E-state index is 0. The zero-order valence-corrected chi connectivity index (χ0v) is 18.4. The van der Waals surface area contributed by atoms with Crippen LogP contribution in [0.3, 0.4) is 0 Å². The van der Waals surface area contributed by atoms with E-state index in [-0.39, 0.29) is 24.0 Å². The standard InChI is InChI=1S/C19H33N5.HI/c1-5-21-19(22-11-7-17-6-10-20-14-16(17)4)23-18-8-12-24(13-9-18)15(2)3;/h6,10,14-15,18H,5,7-9,11-13H2,1-4H3,(H2,21,22,23);1H. The highest BCUT2D eigenvalue weighted by molar-refractivity contribution is 14.0. The largest absolute Gasteiger partial charge is 0.357 e. The maximum absolute atomic E-state index is 4.76. The SMILES string of the molecule is CCNC(=NCCc1ccncc1C)NC1CCN(C(C)C)CC1.I. The van der Waals surface area contributed by atoms with Crippen molar-refractivity contribution in [2.45, 2.75) is 59.0 Å². The molecule has 1 aromatic heterocycles. The van der Waals surface area contributed by atoms with E-state index in [9.17, 15) is 0 Å². The Labute approximate surface area is 170 Å². The lowest BCUT2D eigenvalue weighted by molar-refractivity contribution is 0.167. The Morgan fingerprint density at radius 1 is 1.36 bits per heavy atom. The van der Waals surface area contributed by atoms with Gasteiger partial charge in [-0.05, 0) is 64.2 Å². The number of nitrogens with one attached hydrogen (secondary N) is 2. The Balaban J connectivity index is 0.00000312. The molecule has 1 saturated heterocycles. The Bertz CT molecular complexity index is 524. The highest BCUT2D eigenvalue weighted by Crippen LogP contribution is 2.13. The third kappa shape index (κ3) is 7.48. The molecule has 2 heterocycles. The van der Waals surface area contributed by atoms with Gasteiger partial charge in [0.1, 0.15) is 0 Å². The molecule has 0 unspecified atom stereocenters. The Hall–Kier alpha value is -0.890. The third-order valence-corrected chi connectivity index (χ3v) is 4.73. The van der Waals surface area contributed by atoms with Gasteiger partial charge in [-0.25, -0.2) is 0 Å². The first kappa shape index (κ1) is 22.2. The van der Waals surface area contributed by atoms with Crippen LogP contribution in [0.2, 0.25) is 0 Å². The van der Waals surface area contributed by atoms with Crippen LogP contribution in [0.25, 0.3) is 0 Å². The van der Waals surface area contributed by atoms with Crippen LogP contribution < -0.4 is 10.6 Å². The Kier molecular flexibility index (Phi) is 10.3. The molecule has 1 aliphatic heterocycles. The zero-order valence-electron chi connectivity index (χ0n) is 16.1. The number of rotatable bonds is 6. The summed E-state index contributed by atoms with van der Waals surface area (Å²) in [6.45, 7) is 12.8. The van der Waals surface area contributed by atoms with Gasteiger partial charge in [0, 0.05) is 50.7 Å². The van der Waals surface area contributed by atoms with Gasteiger partial charge in [-0.1, -0.05) is 0 Å². The number of aryl methyl sites for hydroxylation is 1. The lowest BCUT2D eigenvalue weighted by Gasteiger charge is -2.35. The molecule has 0 saturated carbocycles. The zero-order chi connectivity index (χ0) is 17.4. The van der Waals surface area contributed by atoms with E-state index in [1.807, 2.05) is 12.4 Å². The average Bonchev–Trinajstić information content (AvgIpc) is 2.57. The molecule has 1 aromatic rings. The summed E-state index contributed by atoms with van der Waals surface area (Å²) >= 11 is 0. The lowest BCUT2D eigenvalue weighted by Crippen LogP contribution is -2.49. The van der Waals surface area contributed by atoms with Gasteiger partial charge in [-0.15, -0.1) is 24.0 Å². The summed E-state index contributed by atoms with van der Waals surface area (Å²) in [4.78, 5) is 11.5. The smallest absolute Gasteiger partial charge is 0.191 e. The minimum absolute atomic E-state index is 0. The number of hydrogen-bond acceptors (Lipinski definition) is 3. The number of piperidine rings is 1. The second-order valence-electron chi connectivity index (χ2n) is 6.86. The number of nitrogens with zero attached hydrogens (tertiary/aromatic N) is 3. The first-order valence-electron chi connectivity index (χ1n) is 9.28. The maximum Gasteiger partial charge on any atom is 0.191 e. The summed E-state index contributed by atoms with van der Waals surface area (Å²) in [7, 11) is 0. The Morgan fingerprint density at radius 3 is 2.68 bits per heavy atom. The first-order valence-corrected chi connectivity index (χ1v) is 9.28. The van der Waals surface area contributed by atoms with Crippen LogP contribution in [0.15, 0.2) is 23.5 Å². The molecule has 25 heavy (non-hydrogen) atoms. The molecule has 2 rings (SSSR count). The number of aliphatic imine (C=N–C) groups is 1. The van der Waals surface area contributed by atoms with Crippen molar-refractivity contribution in [1.82, 2.24) is 20.5 Å². The van der Waals surface area contributed by atoms with E-state index >= 15 is 0 Å². The van der Waals surface area contributed by atoms with E-state index in [2.05, 4.69) is 54.3 Å². The van der Waals surface area contributed by atoms with Crippen molar-refractivity contribution in [2.24, 2.45) is 4.99 Å². The lowest BCUT2D eigenvalue weighted by atomic mass is 10.0. The van der Waals surface area contributed by atoms with E-state index in [0.717, 1.165) is 25.5 Å². The molecule has 0 radical (unpaired) electrons. The molecule has 0 aliphatic carbocycles. The van der Waals surface area contributed by atoms with Crippen molar-refractivity contribution in [3.8, 4) is 0 Å². The summed E-state index contributed by atoms with van der Waals surface area (Å²) in [5.41, 5.74) is 2.57. The van der Waals surface area contributed by atoms with Crippen molar-refractivity contribution >= 4 is 29.9 Å². The number of likely N-dealkylation sites (tertiary alicyclic amines) is 1. The van der Waals surface area contributed by atoms with Crippen LogP contribution in [0, 0.1) is 6.92 Å². The van der Waals surface area contributed by atoms with Crippen LogP contribution >= 0.6 is 24.0 Å². The molecule has 2 N–H and O–H groups in total. The number of pyridine rings is 1. The van der Waals surface area contributed by atoms with E-state index in [4.69, 9.17) is 4.99 Å². The van der Waals surface area contributed by atoms with Crippen molar-refractivity contribution in [2.75, 3.05) is 26.2 Å². The third-order valence-electron chi connectivity index (χ3n) is 4.73. The summed E-state index contributed by atoms with van der Waals surface area (Å²) < 4.78 is 0. The molecule has 1 aliphatic rings. The van der Waals surface area contributed by atoms with E-state index in [1.165, 1.54) is 37.1 Å². The molecule has 0 atom stereocenters.